The van der Waals surface area contributed by atoms with Gasteiger partial charge in [-0.3, -0.25) is 14.2 Å². The minimum Gasteiger partial charge on any atom is -0.475 e. The van der Waals surface area contributed by atoms with Crippen molar-refractivity contribution in [2.75, 3.05) is 17.2 Å². The van der Waals surface area contributed by atoms with Crippen LogP contribution in [0, 0.1) is 22.7 Å². The zero-order valence-electron chi connectivity index (χ0n) is 21.1. The van der Waals surface area contributed by atoms with E-state index in [0.29, 0.717) is 39.8 Å². The first kappa shape index (κ1) is 26.2. The molecule has 2 heterocycles. The van der Waals surface area contributed by atoms with Gasteiger partial charge in [-0.1, -0.05) is 40.7 Å². The molecular formula is C26H33N5O3S. The molecule has 0 saturated heterocycles. The van der Waals surface area contributed by atoms with Crippen LogP contribution in [0.25, 0.3) is 11.8 Å². The fourth-order valence-electron chi connectivity index (χ4n) is 3.55. The molecule has 0 fully saturated rings. The Morgan fingerprint density at radius 3 is 2.71 bits per heavy atom. The number of carbonyl (C=O) groups excluding carboxylic acids is 1. The summed E-state index contributed by atoms with van der Waals surface area (Å²) in [5.74, 6) is 0.698. The van der Waals surface area contributed by atoms with Gasteiger partial charge in [0.15, 0.2) is 0 Å². The van der Waals surface area contributed by atoms with Crippen LogP contribution in [0.1, 0.15) is 48.0 Å². The van der Waals surface area contributed by atoms with Crippen LogP contribution in [0.15, 0.2) is 34.1 Å². The first-order chi connectivity index (χ1) is 16.5. The van der Waals surface area contributed by atoms with Crippen molar-refractivity contribution in [3.63, 3.8) is 0 Å². The number of nitrogens with zero attached hydrogens (tertiary/aromatic N) is 3. The average Bonchev–Trinajstić information content (AvgIpc) is 3.36. The van der Waals surface area contributed by atoms with Crippen LogP contribution in [-0.2, 0) is 16.1 Å². The van der Waals surface area contributed by atoms with Crippen molar-refractivity contribution in [1.82, 2.24) is 4.57 Å². The monoisotopic (exact) mass is 495 g/mol. The molecule has 0 unspecified atom stereocenters. The van der Waals surface area contributed by atoms with Crippen LogP contribution in [0.4, 0.5) is 11.4 Å². The number of carbonyl (C=O) groups is 1. The summed E-state index contributed by atoms with van der Waals surface area (Å²) in [5.41, 5.74) is 0.965. The summed E-state index contributed by atoms with van der Waals surface area (Å²) in [4.78, 5) is 29.9. The van der Waals surface area contributed by atoms with Crippen molar-refractivity contribution in [2.24, 2.45) is 16.3 Å². The second kappa shape index (κ2) is 10.9. The third kappa shape index (κ3) is 6.40. The Morgan fingerprint density at radius 2 is 2.09 bits per heavy atom. The SMILES string of the molecule is CCn1c(=C(C#N)C2=N[C@H](CC(C)C)CO2)sc(=CNc2cccc(NC(=O)C(C)(C)C)c2)c1=O. The number of hydrogen-bond donors (Lipinski definition) is 2. The van der Waals surface area contributed by atoms with Crippen molar-refractivity contribution in [3.8, 4) is 6.07 Å². The van der Waals surface area contributed by atoms with Gasteiger partial charge in [0.05, 0.1) is 6.04 Å². The van der Waals surface area contributed by atoms with Crippen LogP contribution in [-0.4, -0.2) is 29.0 Å². The van der Waals surface area contributed by atoms with Crippen molar-refractivity contribution >= 4 is 46.3 Å². The Balaban J connectivity index is 1.95. The third-order valence-electron chi connectivity index (χ3n) is 5.39. The van der Waals surface area contributed by atoms with Crippen molar-refractivity contribution in [3.05, 3.63) is 43.8 Å². The topological polar surface area (TPSA) is 109 Å². The van der Waals surface area contributed by atoms with Gasteiger partial charge in [-0.2, -0.15) is 5.26 Å². The molecule has 186 valence electrons. The molecule has 2 aromatic rings. The number of amides is 1. The van der Waals surface area contributed by atoms with E-state index >= 15 is 0 Å². The highest BCUT2D eigenvalue weighted by Gasteiger charge is 2.24. The van der Waals surface area contributed by atoms with Gasteiger partial charge in [0.2, 0.25) is 11.8 Å². The summed E-state index contributed by atoms with van der Waals surface area (Å²) >= 11 is 1.23. The number of anilines is 2. The minimum absolute atomic E-state index is 0.0221. The predicted octanol–water partition coefficient (Wildman–Crippen LogP) is 3.28. The predicted molar refractivity (Wildman–Crippen MR) is 142 cm³/mol. The number of rotatable bonds is 7. The fraction of sp³-hybridized carbons (Fsp3) is 0.462. The molecule has 1 amide bonds. The molecule has 9 heteroatoms. The second-order valence-corrected chi connectivity index (χ2v) is 10.9. The molecule has 0 radical (unpaired) electrons. The lowest BCUT2D eigenvalue weighted by atomic mass is 9.95. The van der Waals surface area contributed by atoms with Crippen LogP contribution >= 0.6 is 11.3 Å². The molecule has 0 bridgehead atoms. The number of ether oxygens (including phenoxy) is 1. The van der Waals surface area contributed by atoms with E-state index in [9.17, 15) is 14.9 Å². The van der Waals surface area contributed by atoms with Crippen LogP contribution in [0.5, 0.6) is 0 Å². The molecule has 8 nitrogen and oxygen atoms in total. The maximum absolute atomic E-state index is 13.1. The summed E-state index contributed by atoms with van der Waals surface area (Å²) in [7, 11) is 0. The normalized spacial score (nSPS) is 17.0. The Bertz CT molecular complexity index is 1340. The summed E-state index contributed by atoms with van der Waals surface area (Å²) < 4.78 is 8.30. The second-order valence-electron chi connectivity index (χ2n) is 9.91. The van der Waals surface area contributed by atoms with E-state index in [1.165, 1.54) is 11.3 Å². The van der Waals surface area contributed by atoms with E-state index in [-0.39, 0.29) is 23.1 Å². The first-order valence-electron chi connectivity index (χ1n) is 11.8. The van der Waals surface area contributed by atoms with E-state index in [1.807, 2.05) is 45.9 Å². The Labute approximate surface area is 209 Å². The van der Waals surface area contributed by atoms with E-state index < -0.39 is 5.41 Å². The number of thiazole rings is 1. The van der Waals surface area contributed by atoms with Crippen molar-refractivity contribution < 1.29 is 9.53 Å². The van der Waals surface area contributed by atoms with Gasteiger partial charge in [0.1, 0.15) is 27.4 Å². The smallest absolute Gasteiger partial charge is 0.270 e. The minimum atomic E-state index is -0.509. The molecule has 1 aromatic carbocycles. The maximum atomic E-state index is 13.1. The number of aromatic nitrogens is 1. The van der Waals surface area contributed by atoms with Gasteiger partial charge in [-0.25, -0.2) is 4.99 Å². The molecule has 0 saturated carbocycles. The molecule has 1 atom stereocenters. The number of aliphatic imine (C=N–C) groups is 1. The standard InChI is InChI=1S/C26H33N5O3S/c1-7-31-23(32)21(14-28-17-9-8-10-18(12-17)30-25(33)26(4,5)6)35-24(31)20(13-27)22-29-19(15-34-22)11-16(2)3/h8-10,12,14,16,19,28H,7,11,15H2,1-6H3,(H,30,33)/t19-/m1/s1. The summed E-state index contributed by atoms with van der Waals surface area (Å²) in [5, 5.41) is 15.9. The molecule has 35 heavy (non-hydrogen) atoms. The summed E-state index contributed by atoms with van der Waals surface area (Å²) in [6.45, 7) is 12.5. The van der Waals surface area contributed by atoms with E-state index in [4.69, 9.17) is 4.74 Å². The van der Waals surface area contributed by atoms with E-state index in [0.717, 1.165) is 12.1 Å². The van der Waals surface area contributed by atoms with Crippen LogP contribution < -0.4 is 25.4 Å². The Hall–Kier alpha value is -3.38. The molecular weight excluding hydrogens is 462 g/mol. The lowest BCUT2D eigenvalue weighted by Gasteiger charge is -2.18. The summed E-state index contributed by atoms with van der Waals surface area (Å²) in [6.07, 6.45) is 2.51. The Morgan fingerprint density at radius 1 is 1.37 bits per heavy atom. The quantitative estimate of drug-likeness (QED) is 0.613. The van der Waals surface area contributed by atoms with Crippen molar-refractivity contribution in [1.29, 1.82) is 5.26 Å². The van der Waals surface area contributed by atoms with Gasteiger partial charge >= 0.3 is 0 Å². The maximum Gasteiger partial charge on any atom is 0.270 e. The van der Waals surface area contributed by atoms with Gasteiger partial charge < -0.3 is 15.4 Å². The molecule has 1 aliphatic heterocycles. The number of benzene rings is 1. The third-order valence-corrected chi connectivity index (χ3v) is 6.52. The van der Waals surface area contributed by atoms with Gasteiger partial charge in [0.25, 0.3) is 5.56 Å². The lowest BCUT2D eigenvalue weighted by Crippen LogP contribution is -2.32. The zero-order chi connectivity index (χ0) is 25.8. The lowest BCUT2D eigenvalue weighted by molar-refractivity contribution is -0.123. The van der Waals surface area contributed by atoms with Gasteiger partial charge in [-0.05, 0) is 37.5 Å². The molecule has 2 N–H and O–H groups in total. The number of nitrogens with one attached hydrogen (secondary N) is 2. The molecule has 1 aliphatic rings. The fourth-order valence-corrected chi connectivity index (χ4v) is 4.63. The van der Waals surface area contributed by atoms with Crippen molar-refractivity contribution in [2.45, 2.75) is 60.5 Å². The van der Waals surface area contributed by atoms with Gasteiger partial charge in [-0.15, -0.1) is 11.3 Å². The first-order valence-corrected chi connectivity index (χ1v) is 12.6. The van der Waals surface area contributed by atoms with Gasteiger partial charge in [0, 0.05) is 29.5 Å². The van der Waals surface area contributed by atoms with E-state index in [1.54, 1.807) is 16.8 Å². The molecule has 0 spiro atoms. The zero-order valence-corrected chi connectivity index (χ0v) is 22.0. The number of hydrogen-bond acceptors (Lipinski definition) is 7. The molecule has 1 aromatic heterocycles. The van der Waals surface area contributed by atoms with Crippen LogP contribution in [0.2, 0.25) is 0 Å². The molecule has 0 aliphatic carbocycles. The van der Waals surface area contributed by atoms with E-state index in [2.05, 4.69) is 35.5 Å². The largest absolute Gasteiger partial charge is 0.475 e. The number of nitriles is 1. The average molecular weight is 496 g/mol. The van der Waals surface area contributed by atoms with Crippen LogP contribution in [0.3, 0.4) is 0 Å². The summed E-state index contributed by atoms with van der Waals surface area (Å²) in [6, 6.07) is 9.50. The Kier molecular flexibility index (Phi) is 8.18. The highest BCUT2D eigenvalue weighted by molar-refractivity contribution is 7.07. The molecule has 3 rings (SSSR count). The highest BCUT2D eigenvalue weighted by Crippen LogP contribution is 2.20. The highest BCUT2D eigenvalue weighted by atomic mass is 32.1.